The van der Waals surface area contributed by atoms with E-state index in [-0.39, 0.29) is 17.7 Å². The first-order chi connectivity index (χ1) is 14.4. The molecule has 2 saturated heterocycles. The quantitative estimate of drug-likeness (QED) is 0.752. The number of rotatable bonds is 5. The molecule has 1 atom stereocenters. The Morgan fingerprint density at radius 2 is 1.77 bits per heavy atom. The number of hydrogen-bond donors (Lipinski definition) is 1. The minimum atomic E-state index is -0.322. The molecule has 3 aliphatic rings. The molecule has 1 unspecified atom stereocenters. The normalized spacial score (nSPS) is 23.7. The summed E-state index contributed by atoms with van der Waals surface area (Å²) in [6, 6.07) is 4.91. The molecule has 0 aliphatic carbocycles. The van der Waals surface area contributed by atoms with Crippen molar-refractivity contribution >= 4 is 23.4 Å². The molecule has 2 fully saturated rings. The van der Waals surface area contributed by atoms with Gasteiger partial charge in [0, 0.05) is 25.8 Å². The van der Waals surface area contributed by atoms with Gasteiger partial charge in [-0.2, -0.15) is 0 Å². The molecular formula is C23H32N4O3. The molecule has 0 aromatic heterocycles. The molecule has 30 heavy (non-hydrogen) atoms. The van der Waals surface area contributed by atoms with E-state index in [0.29, 0.717) is 29.3 Å². The maximum atomic E-state index is 12.6. The molecule has 4 rings (SSSR count). The molecule has 3 heterocycles. The van der Waals surface area contributed by atoms with Crippen LogP contribution in [0.25, 0.3) is 0 Å². The van der Waals surface area contributed by atoms with Crippen molar-refractivity contribution in [1.29, 1.82) is 0 Å². The van der Waals surface area contributed by atoms with Crippen molar-refractivity contribution in [3.8, 4) is 0 Å². The fraction of sp³-hybridized carbons (Fsp3) is 0.609. The van der Waals surface area contributed by atoms with Crippen molar-refractivity contribution in [2.24, 2.45) is 11.8 Å². The van der Waals surface area contributed by atoms with E-state index < -0.39 is 0 Å². The number of carbonyl (C=O) groups excluding carboxylic acids is 3. The monoisotopic (exact) mass is 412 g/mol. The first kappa shape index (κ1) is 21.0. The number of benzene rings is 1. The number of carbonyl (C=O) groups is 3. The molecule has 1 aromatic rings. The van der Waals surface area contributed by atoms with E-state index in [0.717, 1.165) is 36.9 Å². The fourth-order valence-electron chi connectivity index (χ4n) is 4.90. The minimum absolute atomic E-state index is 0.0764. The van der Waals surface area contributed by atoms with Crippen LogP contribution in [0.5, 0.6) is 0 Å². The highest BCUT2D eigenvalue weighted by Gasteiger charge is 2.33. The summed E-state index contributed by atoms with van der Waals surface area (Å²) in [5.41, 5.74) is 1.31. The van der Waals surface area contributed by atoms with Gasteiger partial charge in [-0.25, -0.2) is 0 Å². The van der Waals surface area contributed by atoms with Gasteiger partial charge in [0.15, 0.2) is 0 Å². The lowest BCUT2D eigenvalue weighted by Gasteiger charge is -2.37. The number of likely N-dealkylation sites (tertiary alicyclic amines) is 2. The zero-order valence-corrected chi connectivity index (χ0v) is 18.0. The Bertz CT molecular complexity index is 832. The number of amides is 3. The third kappa shape index (κ3) is 4.57. The van der Waals surface area contributed by atoms with Gasteiger partial charge in [0.2, 0.25) is 5.91 Å². The van der Waals surface area contributed by atoms with E-state index in [2.05, 4.69) is 22.0 Å². The highest BCUT2D eigenvalue weighted by atomic mass is 16.2. The van der Waals surface area contributed by atoms with Crippen LogP contribution in [0.1, 0.15) is 53.3 Å². The minimum Gasteiger partial charge on any atom is -0.325 e. The first-order valence-corrected chi connectivity index (χ1v) is 11.1. The molecule has 1 N–H and O–H groups in total. The number of imide groups is 1. The summed E-state index contributed by atoms with van der Waals surface area (Å²) in [6.45, 7) is 8.15. The third-order valence-corrected chi connectivity index (χ3v) is 6.74. The molecule has 3 amide bonds. The molecule has 3 aliphatic heterocycles. The van der Waals surface area contributed by atoms with E-state index in [9.17, 15) is 14.4 Å². The molecule has 0 bridgehead atoms. The summed E-state index contributed by atoms with van der Waals surface area (Å²) >= 11 is 0. The standard InChI is InChI=1S/C23H32N4O3/c1-16-7-10-26(11-8-16)13-17-4-3-9-27(14-17)15-21(28)24-18-5-6-19-20(12-18)23(30)25(2)22(19)29/h5-6,12,16-17H,3-4,7-11,13-15H2,1-2H3,(H,24,28). The van der Waals surface area contributed by atoms with Crippen LogP contribution in [0.2, 0.25) is 0 Å². The average Bonchev–Trinajstić information content (AvgIpc) is 2.94. The van der Waals surface area contributed by atoms with Crippen LogP contribution in [-0.2, 0) is 4.79 Å². The summed E-state index contributed by atoms with van der Waals surface area (Å²) in [4.78, 5) is 42.7. The van der Waals surface area contributed by atoms with E-state index in [4.69, 9.17) is 0 Å². The highest BCUT2D eigenvalue weighted by molar-refractivity contribution is 6.21. The Balaban J connectivity index is 1.29. The van der Waals surface area contributed by atoms with Crippen molar-refractivity contribution in [1.82, 2.24) is 14.7 Å². The van der Waals surface area contributed by atoms with Gasteiger partial charge in [-0.1, -0.05) is 6.92 Å². The number of fused-ring (bicyclic) bond motifs is 1. The van der Waals surface area contributed by atoms with Crippen LogP contribution in [0.15, 0.2) is 18.2 Å². The van der Waals surface area contributed by atoms with Gasteiger partial charge in [0.25, 0.3) is 11.8 Å². The highest BCUT2D eigenvalue weighted by Crippen LogP contribution is 2.25. The van der Waals surface area contributed by atoms with Gasteiger partial charge in [0.1, 0.15) is 0 Å². The molecule has 7 nitrogen and oxygen atoms in total. The summed E-state index contributed by atoms with van der Waals surface area (Å²) < 4.78 is 0. The lowest BCUT2D eigenvalue weighted by Crippen LogP contribution is -2.45. The van der Waals surface area contributed by atoms with Crippen molar-refractivity contribution in [3.63, 3.8) is 0 Å². The predicted octanol–water partition coefficient (Wildman–Crippen LogP) is 2.29. The molecule has 162 valence electrons. The second kappa shape index (κ2) is 8.86. The van der Waals surface area contributed by atoms with Crippen LogP contribution < -0.4 is 5.32 Å². The van der Waals surface area contributed by atoms with E-state index in [1.54, 1.807) is 18.2 Å². The average molecular weight is 413 g/mol. The predicted molar refractivity (Wildman–Crippen MR) is 115 cm³/mol. The van der Waals surface area contributed by atoms with Gasteiger partial charge in [-0.05, 0) is 75.4 Å². The Labute approximate surface area is 178 Å². The third-order valence-electron chi connectivity index (χ3n) is 6.74. The van der Waals surface area contributed by atoms with Crippen LogP contribution >= 0.6 is 0 Å². The molecule has 1 aromatic carbocycles. The Kier molecular flexibility index (Phi) is 6.20. The summed E-state index contributed by atoms with van der Waals surface area (Å²) in [6.07, 6.45) is 4.95. The Morgan fingerprint density at radius 3 is 2.53 bits per heavy atom. The first-order valence-electron chi connectivity index (χ1n) is 11.1. The van der Waals surface area contributed by atoms with Gasteiger partial charge in [-0.3, -0.25) is 24.2 Å². The second-order valence-electron chi connectivity index (χ2n) is 9.20. The van der Waals surface area contributed by atoms with Crippen LogP contribution in [0, 0.1) is 11.8 Å². The van der Waals surface area contributed by atoms with E-state index in [1.807, 2.05) is 0 Å². The van der Waals surface area contributed by atoms with E-state index in [1.165, 1.54) is 39.4 Å². The molecule has 0 radical (unpaired) electrons. The van der Waals surface area contributed by atoms with Gasteiger partial charge in [0.05, 0.1) is 17.7 Å². The number of piperidine rings is 2. The second-order valence-corrected chi connectivity index (χ2v) is 9.20. The zero-order chi connectivity index (χ0) is 21.3. The molecular weight excluding hydrogens is 380 g/mol. The largest absolute Gasteiger partial charge is 0.325 e. The summed E-state index contributed by atoms with van der Waals surface area (Å²) in [5, 5.41) is 2.90. The van der Waals surface area contributed by atoms with Crippen LogP contribution in [0.3, 0.4) is 0 Å². The van der Waals surface area contributed by atoms with Gasteiger partial charge < -0.3 is 10.2 Å². The maximum absolute atomic E-state index is 12.6. The van der Waals surface area contributed by atoms with Crippen LogP contribution in [-0.4, -0.2) is 78.7 Å². The summed E-state index contributed by atoms with van der Waals surface area (Å²) in [5.74, 6) is 0.778. The van der Waals surface area contributed by atoms with Gasteiger partial charge >= 0.3 is 0 Å². The fourth-order valence-corrected chi connectivity index (χ4v) is 4.90. The van der Waals surface area contributed by atoms with Crippen molar-refractivity contribution in [2.45, 2.75) is 32.6 Å². The number of nitrogens with zero attached hydrogens (tertiary/aromatic N) is 3. The topological polar surface area (TPSA) is 73.0 Å². The molecule has 0 saturated carbocycles. The smallest absolute Gasteiger partial charge is 0.261 e. The number of anilines is 1. The summed E-state index contributed by atoms with van der Waals surface area (Å²) in [7, 11) is 1.47. The van der Waals surface area contributed by atoms with E-state index >= 15 is 0 Å². The van der Waals surface area contributed by atoms with Crippen molar-refractivity contribution in [2.75, 3.05) is 51.6 Å². The number of nitrogens with one attached hydrogen (secondary N) is 1. The Morgan fingerprint density at radius 1 is 1.03 bits per heavy atom. The lowest BCUT2D eigenvalue weighted by atomic mass is 9.94. The Hall–Kier alpha value is -2.25. The molecule has 0 spiro atoms. The zero-order valence-electron chi connectivity index (χ0n) is 18.0. The van der Waals surface area contributed by atoms with Crippen molar-refractivity contribution in [3.05, 3.63) is 29.3 Å². The van der Waals surface area contributed by atoms with Crippen molar-refractivity contribution < 1.29 is 14.4 Å². The SMILES string of the molecule is CC1CCN(CC2CCCN(CC(=O)Nc3ccc4c(c3)C(=O)N(C)C4=O)C2)CC1. The van der Waals surface area contributed by atoms with Gasteiger partial charge in [-0.15, -0.1) is 0 Å². The van der Waals surface area contributed by atoms with Crippen LogP contribution in [0.4, 0.5) is 5.69 Å². The lowest BCUT2D eigenvalue weighted by molar-refractivity contribution is -0.117. The number of hydrogen-bond acceptors (Lipinski definition) is 5. The maximum Gasteiger partial charge on any atom is 0.261 e. The molecule has 7 heteroatoms.